The summed E-state index contributed by atoms with van der Waals surface area (Å²) in [5.41, 5.74) is 13.6. The molecule has 0 fully saturated rings. The summed E-state index contributed by atoms with van der Waals surface area (Å²) in [6.07, 6.45) is 3.94. The van der Waals surface area contributed by atoms with Crippen LogP contribution in [-0.2, 0) is 6.54 Å². The Bertz CT molecular complexity index is 375. The second-order valence-corrected chi connectivity index (χ2v) is 5.26. The molecule has 0 heterocycles. The highest BCUT2D eigenvalue weighted by Crippen LogP contribution is 2.08. The quantitative estimate of drug-likeness (QED) is 0.509. The van der Waals surface area contributed by atoms with Gasteiger partial charge in [-0.15, -0.1) is 0 Å². The van der Waals surface area contributed by atoms with E-state index in [2.05, 4.69) is 41.1 Å². The van der Waals surface area contributed by atoms with Crippen molar-refractivity contribution in [1.82, 2.24) is 10.2 Å². The summed E-state index contributed by atoms with van der Waals surface area (Å²) in [4.78, 5) is 2.45. The second-order valence-electron chi connectivity index (χ2n) is 5.26. The summed E-state index contributed by atoms with van der Waals surface area (Å²) in [7, 11) is 0. The van der Waals surface area contributed by atoms with Crippen LogP contribution in [0.3, 0.4) is 0 Å². The molecular formula is C17H30N4. The average molecular weight is 290 g/mol. The molecule has 0 aliphatic heterocycles. The van der Waals surface area contributed by atoms with E-state index in [-0.39, 0.29) is 0 Å². The molecule has 1 aromatic carbocycles. The zero-order valence-corrected chi connectivity index (χ0v) is 13.1. The maximum atomic E-state index is 5.64. The van der Waals surface area contributed by atoms with E-state index < -0.39 is 0 Å². The van der Waals surface area contributed by atoms with Crippen molar-refractivity contribution >= 4 is 6.08 Å². The molecule has 0 amide bonds. The normalized spacial score (nSPS) is 11.0. The van der Waals surface area contributed by atoms with Crippen molar-refractivity contribution in [1.29, 1.82) is 0 Å². The van der Waals surface area contributed by atoms with Crippen LogP contribution in [0.2, 0.25) is 0 Å². The number of rotatable bonds is 12. The summed E-state index contributed by atoms with van der Waals surface area (Å²) in [5.74, 6) is 0. The van der Waals surface area contributed by atoms with Gasteiger partial charge in [0.05, 0.1) is 0 Å². The Hall–Kier alpha value is -1.20. The molecule has 0 bridgehead atoms. The van der Waals surface area contributed by atoms with Crippen LogP contribution in [-0.4, -0.2) is 44.2 Å². The van der Waals surface area contributed by atoms with Gasteiger partial charge in [0.25, 0.3) is 0 Å². The first kappa shape index (κ1) is 17.9. The van der Waals surface area contributed by atoms with E-state index in [0.717, 1.165) is 64.2 Å². The van der Waals surface area contributed by atoms with Crippen LogP contribution in [0.4, 0.5) is 0 Å². The number of hydrogen-bond acceptors (Lipinski definition) is 4. The zero-order valence-electron chi connectivity index (χ0n) is 13.1. The van der Waals surface area contributed by atoms with Crippen LogP contribution in [0.15, 0.2) is 30.8 Å². The van der Waals surface area contributed by atoms with Gasteiger partial charge in [-0.1, -0.05) is 36.9 Å². The fourth-order valence-electron chi connectivity index (χ4n) is 2.19. The van der Waals surface area contributed by atoms with Gasteiger partial charge in [-0.3, -0.25) is 4.90 Å². The van der Waals surface area contributed by atoms with E-state index in [1.165, 1.54) is 5.56 Å². The predicted molar refractivity (Wildman–Crippen MR) is 92.0 cm³/mol. The molecule has 1 aromatic rings. The molecular weight excluding hydrogens is 260 g/mol. The fourth-order valence-corrected chi connectivity index (χ4v) is 2.19. The molecule has 0 aliphatic carbocycles. The molecule has 1 rings (SSSR count). The Morgan fingerprint density at radius 3 is 2.33 bits per heavy atom. The third-order valence-electron chi connectivity index (χ3n) is 3.46. The van der Waals surface area contributed by atoms with Crippen molar-refractivity contribution in [2.75, 3.05) is 39.3 Å². The van der Waals surface area contributed by atoms with Crippen molar-refractivity contribution in [2.24, 2.45) is 11.5 Å². The van der Waals surface area contributed by atoms with E-state index >= 15 is 0 Å². The SMILES string of the molecule is C=Cc1ccc(CN(CCCN)CCNCCCN)cc1. The Balaban J connectivity index is 2.41. The third-order valence-corrected chi connectivity index (χ3v) is 3.46. The molecule has 4 nitrogen and oxygen atoms in total. The zero-order chi connectivity index (χ0) is 15.3. The molecule has 0 aliphatic rings. The maximum Gasteiger partial charge on any atom is 0.0234 e. The Labute approximate surface area is 129 Å². The predicted octanol–water partition coefficient (Wildman–Crippen LogP) is 1.42. The molecule has 4 heteroatoms. The Morgan fingerprint density at radius 1 is 1.00 bits per heavy atom. The lowest BCUT2D eigenvalue weighted by Gasteiger charge is -2.22. The third kappa shape index (κ3) is 7.97. The molecule has 0 radical (unpaired) electrons. The van der Waals surface area contributed by atoms with Gasteiger partial charge in [0.2, 0.25) is 0 Å². The smallest absolute Gasteiger partial charge is 0.0234 e. The molecule has 0 saturated heterocycles. The van der Waals surface area contributed by atoms with Crippen LogP contribution in [0.5, 0.6) is 0 Å². The van der Waals surface area contributed by atoms with Crippen LogP contribution in [0.25, 0.3) is 6.08 Å². The van der Waals surface area contributed by atoms with Crippen molar-refractivity contribution in [2.45, 2.75) is 19.4 Å². The number of nitrogens with zero attached hydrogens (tertiary/aromatic N) is 1. The van der Waals surface area contributed by atoms with Gasteiger partial charge in [-0.25, -0.2) is 0 Å². The van der Waals surface area contributed by atoms with Gasteiger partial charge in [0, 0.05) is 19.6 Å². The van der Waals surface area contributed by atoms with Crippen molar-refractivity contribution in [3.8, 4) is 0 Å². The lowest BCUT2D eigenvalue weighted by Crippen LogP contribution is -2.34. The van der Waals surface area contributed by atoms with E-state index in [1.807, 2.05) is 6.08 Å². The minimum atomic E-state index is 0.743. The van der Waals surface area contributed by atoms with Crippen LogP contribution >= 0.6 is 0 Å². The Morgan fingerprint density at radius 2 is 1.71 bits per heavy atom. The largest absolute Gasteiger partial charge is 0.330 e. The molecule has 0 unspecified atom stereocenters. The van der Waals surface area contributed by atoms with Crippen LogP contribution < -0.4 is 16.8 Å². The van der Waals surface area contributed by atoms with Crippen LogP contribution in [0.1, 0.15) is 24.0 Å². The second kappa shape index (κ2) is 11.5. The first-order valence-corrected chi connectivity index (χ1v) is 7.84. The molecule has 5 N–H and O–H groups in total. The van der Waals surface area contributed by atoms with Crippen molar-refractivity contribution in [3.05, 3.63) is 42.0 Å². The lowest BCUT2D eigenvalue weighted by atomic mass is 10.1. The number of nitrogens with one attached hydrogen (secondary N) is 1. The van der Waals surface area contributed by atoms with Gasteiger partial charge in [0.1, 0.15) is 0 Å². The highest BCUT2D eigenvalue weighted by molar-refractivity contribution is 5.47. The average Bonchev–Trinajstić information content (AvgIpc) is 2.52. The first-order chi connectivity index (χ1) is 10.3. The lowest BCUT2D eigenvalue weighted by molar-refractivity contribution is 0.263. The number of benzene rings is 1. The summed E-state index contributed by atoms with van der Waals surface area (Å²) < 4.78 is 0. The van der Waals surface area contributed by atoms with Crippen molar-refractivity contribution < 1.29 is 0 Å². The molecule has 0 aromatic heterocycles. The van der Waals surface area contributed by atoms with E-state index in [0.29, 0.717) is 0 Å². The fraction of sp³-hybridized carbons (Fsp3) is 0.529. The molecule has 118 valence electrons. The summed E-state index contributed by atoms with van der Waals surface area (Å²) >= 11 is 0. The van der Waals surface area contributed by atoms with Gasteiger partial charge in [-0.2, -0.15) is 0 Å². The summed E-state index contributed by atoms with van der Waals surface area (Å²) in [6, 6.07) is 8.58. The highest BCUT2D eigenvalue weighted by Gasteiger charge is 2.05. The topological polar surface area (TPSA) is 67.3 Å². The molecule has 0 atom stereocenters. The number of nitrogens with two attached hydrogens (primary N) is 2. The minimum absolute atomic E-state index is 0.743. The van der Waals surface area contributed by atoms with Gasteiger partial charge in [0.15, 0.2) is 0 Å². The van der Waals surface area contributed by atoms with E-state index in [4.69, 9.17) is 11.5 Å². The number of hydrogen-bond donors (Lipinski definition) is 3. The summed E-state index contributed by atoms with van der Waals surface area (Å²) in [6.45, 7) is 10.3. The summed E-state index contributed by atoms with van der Waals surface area (Å²) in [5, 5.41) is 3.43. The molecule has 0 saturated carbocycles. The molecule has 0 spiro atoms. The first-order valence-electron chi connectivity index (χ1n) is 7.84. The van der Waals surface area contributed by atoms with Crippen LogP contribution in [0, 0.1) is 0 Å². The van der Waals surface area contributed by atoms with Crippen molar-refractivity contribution in [3.63, 3.8) is 0 Å². The van der Waals surface area contributed by atoms with Gasteiger partial charge in [-0.05, 0) is 50.1 Å². The van der Waals surface area contributed by atoms with E-state index in [1.54, 1.807) is 0 Å². The van der Waals surface area contributed by atoms with Gasteiger partial charge >= 0.3 is 0 Å². The van der Waals surface area contributed by atoms with E-state index in [9.17, 15) is 0 Å². The molecule has 21 heavy (non-hydrogen) atoms. The Kier molecular flexibility index (Phi) is 9.74. The minimum Gasteiger partial charge on any atom is -0.330 e. The highest BCUT2D eigenvalue weighted by atomic mass is 15.1. The maximum absolute atomic E-state index is 5.64. The standard InChI is InChI=1S/C17H30N4/c1-2-16-5-7-17(8-6-16)15-21(13-4-10-19)14-12-20-11-3-9-18/h2,5-8,20H,1,3-4,9-15,18-19H2. The monoisotopic (exact) mass is 290 g/mol. The van der Waals surface area contributed by atoms with Gasteiger partial charge < -0.3 is 16.8 Å².